The van der Waals surface area contributed by atoms with Crippen LogP contribution >= 0.6 is 0 Å². The van der Waals surface area contributed by atoms with Crippen LogP contribution in [0.1, 0.15) is 46.1 Å². The van der Waals surface area contributed by atoms with Gasteiger partial charge >= 0.3 is 5.97 Å². The van der Waals surface area contributed by atoms with Crippen LogP contribution in [0.5, 0.6) is 0 Å². The van der Waals surface area contributed by atoms with Gasteiger partial charge < -0.3 is 14.4 Å². The third-order valence-electron chi connectivity index (χ3n) is 3.45. The molecule has 1 heterocycles. The average Bonchev–Trinajstić information content (AvgIpc) is 2.92. The highest BCUT2D eigenvalue weighted by Crippen LogP contribution is 2.22. The monoisotopic (exact) mass is 301 g/mol. The van der Waals surface area contributed by atoms with E-state index in [1.165, 1.54) is 6.07 Å². The largest absolute Gasteiger partial charge is 0.478 e. The van der Waals surface area contributed by atoms with Gasteiger partial charge in [-0.15, -0.1) is 0 Å². The molecular weight excluding hydrogens is 282 g/mol. The smallest absolute Gasteiger partial charge is 0.339 e. The third-order valence-corrected chi connectivity index (χ3v) is 3.45. The van der Waals surface area contributed by atoms with Crippen LogP contribution in [0.3, 0.4) is 0 Å². The molecule has 0 aliphatic heterocycles. The number of carboxylic acids is 1. The topological polar surface area (TPSA) is 70.8 Å². The van der Waals surface area contributed by atoms with Gasteiger partial charge in [0.05, 0.1) is 0 Å². The Labute approximate surface area is 129 Å². The van der Waals surface area contributed by atoms with Crippen molar-refractivity contribution in [3.05, 3.63) is 53.0 Å². The minimum Gasteiger partial charge on any atom is -0.478 e. The molecule has 0 bridgehead atoms. The fraction of sp³-hybridized carbons (Fsp3) is 0.294. The first-order valence-corrected chi connectivity index (χ1v) is 7.22. The molecule has 2 aromatic rings. The summed E-state index contributed by atoms with van der Waals surface area (Å²) in [6, 6.07) is 8.89. The van der Waals surface area contributed by atoms with Crippen LogP contribution in [0.25, 0.3) is 0 Å². The van der Waals surface area contributed by atoms with Crippen LogP contribution in [0.4, 0.5) is 5.69 Å². The molecule has 0 atom stereocenters. The highest BCUT2D eigenvalue weighted by molar-refractivity contribution is 6.05. The lowest BCUT2D eigenvalue weighted by Crippen LogP contribution is -2.30. The van der Waals surface area contributed by atoms with Crippen LogP contribution in [-0.4, -0.2) is 23.5 Å². The maximum atomic E-state index is 12.6. The van der Waals surface area contributed by atoms with E-state index >= 15 is 0 Å². The van der Waals surface area contributed by atoms with Crippen LogP contribution in [0, 0.1) is 6.92 Å². The van der Waals surface area contributed by atoms with Crippen molar-refractivity contribution >= 4 is 17.6 Å². The summed E-state index contributed by atoms with van der Waals surface area (Å²) >= 11 is 0. The Balaban J connectivity index is 2.39. The molecule has 5 nitrogen and oxygen atoms in total. The molecule has 116 valence electrons. The van der Waals surface area contributed by atoms with Gasteiger partial charge in [0.25, 0.3) is 5.91 Å². The molecule has 1 N–H and O–H groups in total. The van der Waals surface area contributed by atoms with Crippen LogP contribution in [-0.2, 0) is 6.42 Å². The SMILES string of the molecule is CCc1oc(C(=O)N(CC)c2cccc(C)c2)cc1C(=O)O. The molecule has 0 unspecified atom stereocenters. The summed E-state index contributed by atoms with van der Waals surface area (Å²) in [6.07, 6.45) is 0.422. The van der Waals surface area contributed by atoms with E-state index in [2.05, 4.69) is 0 Å². The molecule has 0 saturated heterocycles. The van der Waals surface area contributed by atoms with Gasteiger partial charge in [0.2, 0.25) is 0 Å². The molecule has 0 aliphatic carbocycles. The number of hydrogen-bond acceptors (Lipinski definition) is 3. The number of anilines is 1. The first-order valence-electron chi connectivity index (χ1n) is 7.22. The van der Waals surface area contributed by atoms with Crippen molar-refractivity contribution < 1.29 is 19.1 Å². The van der Waals surface area contributed by atoms with Gasteiger partial charge in [-0.25, -0.2) is 4.79 Å². The molecule has 0 spiro atoms. The Morgan fingerprint density at radius 1 is 1.23 bits per heavy atom. The van der Waals surface area contributed by atoms with E-state index in [-0.39, 0.29) is 17.2 Å². The van der Waals surface area contributed by atoms with Crippen molar-refractivity contribution in [2.75, 3.05) is 11.4 Å². The predicted octanol–water partition coefficient (Wildman–Crippen LogP) is 3.52. The summed E-state index contributed by atoms with van der Waals surface area (Å²) < 4.78 is 5.45. The highest BCUT2D eigenvalue weighted by atomic mass is 16.4. The second-order valence-electron chi connectivity index (χ2n) is 4.99. The molecule has 5 heteroatoms. The summed E-state index contributed by atoms with van der Waals surface area (Å²) in [7, 11) is 0. The minimum absolute atomic E-state index is 0.0474. The number of aryl methyl sites for hydroxylation is 2. The molecule has 0 fully saturated rings. The normalized spacial score (nSPS) is 10.5. The van der Waals surface area contributed by atoms with E-state index in [4.69, 9.17) is 9.52 Å². The van der Waals surface area contributed by atoms with E-state index in [0.29, 0.717) is 18.7 Å². The summed E-state index contributed by atoms with van der Waals surface area (Å²) in [5.74, 6) is -1.05. The fourth-order valence-corrected chi connectivity index (χ4v) is 2.35. The highest BCUT2D eigenvalue weighted by Gasteiger charge is 2.24. The molecule has 1 aromatic carbocycles. The van der Waals surface area contributed by atoms with Crippen molar-refractivity contribution in [2.24, 2.45) is 0 Å². The van der Waals surface area contributed by atoms with Crippen molar-refractivity contribution in [1.29, 1.82) is 0 Å². The number of nitrogens with zero attached hydrogens (tertiary/aromatic N) is 1. The Hall–Kier alpha value is -2.56. The Bertz CT molecular complexity index is 702. The van der Waals surface area contributed by atoms with E-state index in [9.17, 15) is 9.59 Å². The summed E-state index contributed by atoms with van der Waals surface area (Å²) in [6.45, 7) is 6.07. The van der Waals surface area contributed by atoms with E-state index in [1.807, 2.05) is 38.1 Å². The third kappa shape index (κ3) is 3.03. The summed E-state index contributed by atoms with van der Waals surface area (Å²) in [5, 5.41) is 9.16. The number of carbonyl (C=O) groups excluding carboxylic acids is 1. The fourth-order valence-electron chi connectivity index (χ4n) is 2.35. The van der Waals surface area contributed by atoms with Gasteiger partial charge in [0, 0.05) is 24.7 Å². The molecule has 22 heavy (non-hydrogen) atoms. The van der Waals surface area contributed by atoms with E-state index in [0.717, 1.165) is 11.3 Å². The Morgan fingerprint density at radius 3 is 2.45 bits per heavy atom. The number of amides is 1. The zero-order chi connectivity index (χ0) is 16.3. The second-order valence-corrected chi connectivity index (χ2v) is 4.99. The van der Waals surface area contributed by atoms with Crippen molar-refractivity contribution in [1.82, 2.24) is 0 Å². The second kappa shape index (κ2) is 6.47. The first kappa shape index (κ1) is 15.8. The zero-order valence-electron chi connectivity index (χ0n) is 12.9. The molecular formula is C17H19NO4. The number of furan rings is 1. The van der Waals surface area contributed by atoms with Crippen LogP contribution in [0.15, 0.2) is 34.7 Å². The van der Waals surface area contributed by atoms with Gasteiger partial charge in [-0.3, -0.25) is 4.79 Å². The number of carbonyl (C=O) groups is 2. The first-order chi connectivity index (χ1) is 10.5. The van der Waals surface area contributed by atoms with Crippen molar-refractivity contribution in [2.45, 2.75) is 27.2 Å². The molecule has 1 amide bonds. The van der Waals surface area contributed by atoms with E-state index in [1.54, 1.807) is 11.8 Å². The number of hydrogen-bond donors (Lipinski definition) is 1. The number of benzene rings is 1. The lowest BCUT2D eigenvalue weighted by molar-refractivity contribution is 0.0694. The quantitative estimate of drug-likeness (QED) is 0.917. The standard InChI is InChI=1S/C17H19NO4/c1-4-14-13(17(20)21)10-15(22-14)16(19)18(5-2)12-8-6-7-11(3)9-12/h6-10H,4-5H2,1-3H3,(H,20,21). The summed E-state index contributed by atoms with van der Waals surface area (Å²) in [4.78, 5) is 25.4. The zero-order valence-corrected chi connectivity index (χ0v) is 12.9. The van der Waals surface area contributed by atoms with Gasteiger partial charge in [-0.05, 0) is 31.5 Å². The molecule has 2 rings (SSSR count). The Morgan fingerprint density at radius 2 is 1.95 bits per heavy atom. The van der Waals surface area contributed by atoms with Crippen LogP contribution < -0.4 is 4.90 Å². The molecule has 0 aliphatic rings. The Kier molecular flexibility index (Phi) is 4.65. The maximum Gasteiger partial charge on any atom is 0.339 e. The predicted molar refractivity (Wildman–Crippen MR) is 83.6 cm³/mol. The van der Waals surface area contributed by atoms with Gasteiger partial charge in [-0.2, -0.15) is 0 Å². The van der Waals surface area contributed by atoms with Gasteiger partial charge in [0.1, 0.15) is 11.3 Å². The molecule has 0 saturated carbocycles. The van der Waals surface area contributed by atoms with Crippen LogP contribution in [0.2, 0.25) is 0 Å². The van der Waals surface area contributed by atoms with Gasteiger partial charge in [-0.1, -0.05) is 19.1 Å². The number of aromatic carboxylic acids is 1. The summed E-state index contributed by atoms with van der Waals surface area (Å²) in [5.41, 5.74) is 1.86. The van der Waals surface area contributed by atoms with Gasteiger partial charge in [0.15, 0.2) is 5.76 Å². The lowest BCUT2D eigenvalue weighted by atomic mass is 10.2. The number of rotatable bonds is 5. The van der Waals surface area contributed by atoms with Crippen molar-refractivity contribution in [3.63, 3.8) is 0 Å². The molecule has 0 radical (unpaired) electrons. The van der Waals surface area contributed by atoms with Crippen molar-refractivity contribution in [3.8, 4) is 0 Å². The number of carboxylic acid groups (broad SMARTS) is 1. The van der Waals surface area contributed by atoms with E-state index < -0.39 is 5.97 Å². The molecule has 1 aromatic heterocycles. The average molecular weight is 301 g/mol. The minimum atomic E-state index is -1.08. The maximum absolute atomic E-state index is 12.6. The lowest BCUT2D eigenvalue weighted by Gasteiger charge is -2.20.